The second-order valence-electron chi connectivity index (χ2n) is 7.25. The Hall–Kier alpha value is -4.71. The van der Waals surface area contributed by atoms with Crippen molar-refractivity contribution in [3.63, 3.8) is 0 Å². The van der Waals surface area contributed by atoms with Crippen LogP contribution in [0.2, 0.25) is 0 Å². The van der Waals surface area contributed by atoms with Crippen molar-refractivity contribution in [3.05, 3.63) is 132 Å². The Kier molecular flexibility index (Phi) is 9.14. The van der Waals surface area contributed by atoms with Crippen LogP contribution in [0, 0.1) is 5.41 Å². The number of aliphatic imine (C=N–C) groups is 2. The van der Waals surface area contributed by atoms with Crippen LogP contribution in [0.5, 0.6) is 0 Å². The Bertz CT molecular complexity index is 1210. The molecule has 0 saturated carbocycles. The predicted octanol–water partition coefficient (Wildman–Crippen LogP) is 5.20. The number of hydrogen-bond acceptors (Lipinski definition) is 3. The minimum Gasteiger partial charge on any atom is -0.386 e. The third-order valence-corrected chi connectivity index (χ3v) is 4.57. The highest BCUT2D eigenvalue weighted by molar-refractivity contribution is 6.08. The fourth-order valence-electron chi connectivity index (χ4n) is 2.94. The van der Waals surface area contributed by atoms with E-state index in [-0.39, 0.29) is 12.4 Å². The number of anilines is 1. The van der Waals surface area contributed by atoms with Gasteiger partial charge in [0.1, 0.15) is 17.5 Å². The van der Waals surface area contributed by atoms with Gasteiger partial charge in [-0.25, -0.2) is 4.99 Å². The maximum atomic E-state index is 7.27. The van der Waals surface area contributed by atoms with Crippen LogP contribution in [0.25, 0.3) is 0 Å². The summed E-state index contributed by atoms with van der Waals surface area (Å²) in [4.78, 5) is 8.67. The van der Waals surface area contributed by atoms with Crippen LogP contribution in [0.15, 0.2) is 131 Å². The quantitative estimate of drug-likeness (QED) is 0.240. The van der Waals surface area contributed by atoms with Crippen molar-refractivity contribution >= 4 is 28.9 Å². The van der Waals surface area contributed by atoms with Gasteiger partial charge in [-0.05, 0) is 24.3 Å². The monoisotopic (exact) mass is 448 g/mol. The summed E-state index contributed by atoms with van der Waals surface area (Å²) in [7, 11) is 0. The minimum atomic E-state index is 0.0447. The molecule has 0 aromatic heterocycles. The van der Waals surface area contributed by atoms with Crippen molar-refractivity contribution in [1.82, 2.24) is 0 Å². The average Bonchev–Trinajstić information content (AvgIpc) is 2.89. The number of nitrogens with zero attached hydrogens (tertiary/aromatic N) is 2. The first-order valence-corrected chi connectivity index (χ1v) is 10.8. The number of nitrogens with two attached hydrogens (primary N) is 2. The van der Waals surface area contributed by atoms with Gasteiger partial charge in [0.05, 0.1) is 12.2 Å². The van der Waals surface area contributed by atoms with Gasteiger partial charge in [-0.1, -0.05) is 97.1 Å². The van der Waals surface area contributed by atoms with E-state index in [1.54, 1.807) is 0 Å². The Morgan fingerprint density at radius 3 is 1.65 bits per heavy atom. The Balaban J connectivity index is 0.000000196. The standard InChI is InChI=1S/C15H16N4.C13H12N2/c16-14(17)11-18-15(12-7-3-1-4-8-12)19-13-9-5-2-6-10-13;14-13(11-7-3-1-4-8-11)15-12-9-5-2-6-10-12/h1-10H,11H2,(H3,16,17)(H,18,19);1-10H,(H2,14,15). The number of benzene rings is 4. The molecule has 0 fully saturated rings. The Morgan fingerprint density at radius 2 is 1.12 bits per heavy atom. The number of para-hydroxylation sites is 2. The molecule has 0 radical (unpaired) electrons. The largest absolute Gasteiger partial charge is 0.386 e. The molecule has 170 valence electrons. The predicted molar refractivity (Wildman–Crippen MR) is 143 cm³/mol. The van der Waals surface area contributed by atoms with E-state index < -0.39 is 0 Å². The summed E-state index contributed by atoms with van der Waals surface area (Å²) < 4.78 is 0. The molecule has 4 rings (SSSR count). The van der Waals surface area contributed by atoms with E-state index in [1.807, 2.05) is 121 Å². The topological polar surface area (TPSA) is 113 Å². The fraction of sp³-hybridized carbons (Fsp3) is 0.0357. The highest BCUT2D eigenvalue weighted by atomic mass is 15.0. The van der Waals surface area contributed by atoms with Gasteiger partial charge in [0.2, 0.25) is 0 Å². The lowest BCUT2D eigenvalue weighted by Gasteiger charge is -2.10. The van der Waals surface area contributed by atoms with Crippen LogP contribution in [0.4, 0.5) is 11.4 Å². The van der Waals surface area contributed by atoms with E-state index >= 15 is 0 Å². The number of nitrogens with one attached hydrogen (secondary N) is 2. The molecule has 0 aliphatic heterocycles. The summed E-state index contributed by atoms with van der Waals surface area (Å²) in [5.74, 6) is 1.30. The van der Waals surface area contributed by atoms with Crippen LogP contribution >= 0.6 is 0 Å². The van der Waals surface area contributed by atoms with Crippen LogP contribution < -0.4 is 16.8 Å². The minimum absolute atomic E-state index is 0.0447. The highest BCUT2D eigenvalue weighted by Gasteiger charge is 2.03. The first-order valence-electron chi connectivity index (χ1n) is 10.8. The maximum absolute atomic E-state index is 7.27. The van der Waals surface area contributed by atoms with Crippen molar-refractivity contribution in [2.24, 2.45) is 21.5 Å². The fourth-order valence-corrected chi connectivity index (χ4v) is 2.94. The molecule has 6 nitrogen and oxygen atoms in total. The zero-order valence-corrected chi connectivity index (χ0v) is 18.8. The van der Waals surface area contributed by atoms with E-state index in [9.17, 15) is 0 Å². The van der Waals surface area contributed by atoms with Gasteiger partial charge >= 0.3 is 0 Å². The van der Waals surface area contributed by atoms with Crippen molar-refractivity contribution < 1.29 is 0 Å². The second-order valence-corrected chi connectivity index (χ2v) is 7.25. The van der Waals surface area contributed by atoms with Gasteiger partial charge < -0.3 is 16.8 Å². The van der Waals surface area contributed by atoms with Gasteiger partial charge in [-0.3, -0.25) is 10.4 Å². The van der Waals surface area contributed by atoms with Crippen LogP contribution in [-0.2, 0) is 0 Å². The SMILES string of the molecule is N=C(N)CN=C(Nc1ccccc1)c1ccccc1.NC(=Nc1ccccc1)c1ccccc1. The molecule has 4 aromatic rings. The Labute approximate surface area is 200 Å². The molecular weight excluding hydrogens is 420 g/mol. The number of rotatable bonds is 6. The molecule has 0 saturated heterocycles. The van der Waals surface area contributed by atoms with Gasteiger partial charge in [-0.2, -0.15) is 0 Å². The smallest absolute Gasteiger partial charge is 0.133 e. The van der Waals surface area contributed by atoms with Crippen molar-refractivity contribution in [2.45, 2.75) is 0 Å². The molecule has 0 spiro atoms. The summed E-state index contributed by atoms with van der Waals surface area (Å²) in [6, 6.07) is 39.0. The summed E-state index contributed by atoms with van der Waals surface area (Å²) in [6.07, 6.45) is 0. The molecule has 6 N–H and O–H groups in total. The first-order chi connectivity index (χ1) is 16.6. The van der Waals surface area contributed by atoms with E-state index in [1.165, 1.54) is 0 Å². The van der Waals surface area contributed by atoms with Crippen molar-refractivity contribution in [3.8, 4) is 0 Å². The third kappa shape index (κ3) is 8.09. The lowest BCUT2D eigenvalue weighted by Crippen LogP contribution is -2.19. The molecule has 0 amide bonds. The molecule has 0 bridgehead atoms. The van der Waals surface area contributed by atoms with Crippen LogP contribution in [0.1, 0.15) is 11.1 Å². The van der Waals surface area contributed by atoms with Gasteiger partial charge in [-0.15, -0.1) is 0 Å². The average molecular weight is 449 g/mol. The molecule has 4 aromatic carbocycles. The zero-order valence-electron chi connectivity index (χ0n) is 18.8. The second kappa shape index (κ2) is 13.0. The van der Waals surface area contributed by atoms with Gasteiger partial charge in [0.25, 0.3) is 0 Å². The molecule has 0 unspecified atom stereocenters. The van der Waals surface area contributed by atoms with Gasteiger partial charge in [0.15, 0.2) is 0 Å². The van der Waals surface area contributed by atoms with E-state index in [0.717, 1.165) is 22.5 Å². The molecule has 34 heavy (non-hydrogen) atoms. The van der Waals surface area contributed by atoms with E-state index in [2.05, 4.69) is 15.3 Å². The van der Waals surface area contributed by atoms with Crippen molar-refractivity contribution in [1.29, 1.82) is 5.41 Å². The summed E-state index contributed by atoms with van der Waals surface area (Å²) in [5.41, 5.74) is 15.0. The summed E-state index contributed by atoms with van der Waals surface area (Å²) in [5, 5.41) is 10.5. The van der Waals surface area contributed by atoms with Crippen LogP contribution in [-0.4, -0.2) is 24.1 Å². The number of hydrogen-bond donors (Lipinski definition) is 4. The first kappa shape index (κ1) is 23.9. The summed E-state index contributed by atoms with van der Waals surface area (Å²) in [6.45, 7) is 0.185. The lowest BCUT2D eigenvalue weighted by molar-refractivity contribution is 1.22. The molecule has 6 heteroatoms. The van der Waals surface area contributed by atoms with Gasteiger partial charge in [0, 0.05) is 16.8 Å². The van der Waals surface area contributed by atoms with E-state index in [0.29, 0.717) is 11.7 Å². The molecule has 0 aliphatic carbocycles. The molecule has 0 atom stereocenters. The maximum Gasteiger partial charge on any atom is 0.133 e. The molecular formula is C28H28N6. The Morgan fingerprint density at radius 1 is 0.647 bits per heavy atom. The normalized spacial score (nSPS) is 11.2. The number of amidine groups is 3. The summed E-state index contributed by atoms with van der Waals surface area (Å²) >= 11 is 0. The lowest BCUT2D eigenvalue weighted by atomic mass is 10.2. The molecule has 0 aliphatic rings. The highest BCUT2D eigenvalue weighted by Crippen LogP contribution is 2.11. The third-order valence-electron chi connectivity index (χ3n) is 4.57. The zero-order chi connectivity index (χ0) is 24.0. The van der Waals surface area contributed by atoms with Crippen molar-refractivity contribution in [2.75, 3.05) is 11.9 Å². The van der Waals surface area contributed by atoms with Crippen LogP contribution in [0.3, 0.4) is 0 Å². The molecule has 0 heterocycles. The van der Waals surface area contributed by atoms with E-state index in [4.69, 9.17) is 16.9 Å².